The highest BCUT2D eigenvalue weighted by atomic mass is 16.5. The Balaban J connectivity index is 1.84. The molecule has 27 heavy (non-hydrogen) atoms. The quantitative estimate of drug-likeness (QED) is 0.599. The highest BCUT2D eigenvalue weighted by Crippen LogP contribution is 2.30. The number of morpholine rings is 1. The Hall–Kier alpha value is -2.63. The van der Waals surface area contributed by atoms with E-state index in [1.165, 1.54) is 6.08 Å². The van der Waals surface area contributed by atoms with Crippen LogP contribution in [0.4, 0.5) is 0 Å². The van der Waals surface area contributed by atoms with E-state index in [1.807, 2.05) is 37.3 Å². The molecule has 1 saturated heterocycles. The Morgan fingerprint density at radius 2 is 1.96 bits per heavy atom. The molecular weight excluding hydrogens is 342 g/mol. The fraction of sp³-hybridized carbons (Fsp3) is 0.318. The predicted octanol–water partition coefficient (Wildman–Crippen LogP) is 3.52. The predicted molar refractivity (Wildman–Crippen MR) is 105 cm³/mol. The van der Waals surface area contributed by atoms with Crippen LogP contribution in [-0.4, -0.2) is 48.7 Å². The Kier molecular flexibility index (Phi) is 6.63. The van der Waals surface area contributed by atoms with Crippen molar-refractivity contribution in [3.8, 4) is 11.5 Å². The zero-order chi connectivity index (χ0) is 19.1. The van der Waals surface area contributed by atoms with Gasteiger partial charge in [0.15, 0.2) is 5.78 Å². The minimum absolute atomic E-state index is 0.0631. The van der Waals surface area contributed by atoms with Gasteiger partial charge in [0, 0.05) is 31.3 Å². The lowest BCUT2D eigenvalue weighted by Gasteiger charge is -2.27. The number of ketones is 1. The molecule has 0 spiro atoms. The lowest BCUT2D eigenvalue weighted by atomic mass is 10.0. The molecule has 0 saturated carbocycles. The molecule has 5 nitrogen and oxygen atoms in total. The second kappa shape index (κ2) is 9.35. The van der Waals surface area contributed by atoms with Gasteiger partial charge in [0.05, 0.1) is 25.4 Å². The number of hydrogen-bond donors (Lipinski definition) is 1. The first kappa shape index (κ1) is 19.1. The number of phenols is 1. The van der Waals surface area contributed by atoms with Crippen molar-refractivity contribution in [2.24, 2.45) is 0 Å². The van der Waals surface area contributed by atoms with E-state index in [0.717, 1.165) is 24.2 Å². The normalized spacial score (nSPS) is 15.1. The first-order chi connectivity index (χ1) is 13.2. The Morgan fingerprint density at radius 1 is 1.22 bits per heavy atom. The molecule has 0 aliphatic carbocycles. The first-order valence-electron chi connectivity index (χ1n) is 9.23. The molecule has 0 aromatic heterocycles. The molecule has 3 rings (SSSR count). The van der Waals surface area contributed by atoms with Crippen LogP contribution in [0.2, 0.25) is 0 Å². The molecule has 0 unspecified atom stereocenters. The van der Waals surface area contributed by atoms with Gasteiger partial charge in [0.25, 0.3) is 0 Å². The van der Waals surface area contributed by atoms with Gasteiger partial charge in [-0.1, -0.05) is 36.4 Å². The van der Waals surface area contributed by atoms with E-state index in [1.54, 1.807) is 18.2 Å². The summed E-state index contributed by atoms with van der Waals surface area (Å²) in [7, 11) is 0. The second-order valence-electron chi connectivity index (χ2n) is 6.41. The van der Waals surface area contributed by atoms with Crippen LogP contribution < -0.4 is 4.74 Å². The maximum Gasteiger partial charge on any atom is 0.189 e. The molecular formula is C22H25NO4. The molecule has 0 bridgehead atoms. The van der Waals surface area contributed by atoms with Gasteiger partial charge in [-0.05, 0) is 24.6 Å². The number of nitrogens with zero attached hydrogens (tertiary/aromatic N) is 1. The zero-order valence-electron chi connectivity index (χ0n) is 15.6. The van der Waals surface area contributed by atoms with E-state index in [0.29, 0.717) is 32.1 Å². The van der Waals surface area contributed by atoms with Crippen LogP contribution in [0.1, 0.15) is 28.4 Å². The number of allylic oxidation sites excluding steroid dienone is 1. The van der Waals surface area contributed by atoms with Gasteiger partial charge in [-0.25, -0.2) is 0 Å². The van der Waals surface area contributed by atoms with Gasteiger partial charge < -0.3 is 14.6 Å². The number of phenolic OH excluding ortho intramolecular Hbond substituents is 1. The number of carbonyl (C=O) groups excluding carboxylic acids is 1. The third-order valence-electron chi connectivity index (χ3n) is 4.47. The molecule has 142 valence electrons. The lowest BCUT2D eigenvalue weighted by Crippen LogP contribution is -2.35. The monoisotopic (exact) mass is 367 g/mol. The number of ether oxygens (including phenoxy) is 2. The van der Waals surface area contributed by atoms with Crippen molar-refractivity contribution in [1.29, 1.82) is 0 Å². The van der Waals surface area contributed by atoms with Gasteiger partial charge in [-0.2, -0.15) is 0 Å². The van der Waals surface area contributed by atoms with Crippen LogP contribution >= 0.6 is 0 Å². The van der Waals surface area contributed by atoms with Crippen molar-refractivity contribution in [3.05, 3.63) is 65.2 Å². The van der Waals surface area contributed by atoms with Crippen LogP contribution in [0, 0.1) is 0 Å². The van der Waals surface area contributed by atoms with E-state index in [-0.39, 0.29) is 17.1 Å². The molecule has 2 aromatic rings. The van der Waals surface area contributed by atoms with Crippen molar-refractivity contribution in [2.75, 3.05) is 32.9 Å². The maximum absolute atomic E-state index is 12.6. The van der Waals surface area contributed by atoms with Crippen molar-refractivity contribution in [1.82, 2.24) is 4.90 Å². The maximum atomic E-state index is 12.6. The van der Waals surface area contributed by atoms with Crippen molar-refractivity contribution in [2.45, 2.75) is 13.5 Å². The van der Waals surface area contributed by atoms with Gasteiger partial charge in [-0.3, -0.25) is 9.69 Å². The summed E-state index contributed by atoms with van der Waals surface area (Å²) in [6.07, 6.45) is 3.24. The smallest absolute Gasteiger partial charge is 0.189 e. The number of rotatable bonds is 7. The van der Waals surface area contributed by atoms with Gasteiger partial charge >= 0.3 is 0 Å². The highest BCUT2D eigenvalue weighted by molar-refractivity contribution is 6.08. The van der Waals surface area contributed by atoms with Crippen molar-refractivity contribution >= 4 is 11.9 Å². The van der Waals surface area contributed by atoms with E-state index in [2.05, 4.69) is 4.90 Å². The summed E-state index contributed by atoms with van der Waals surface area (Å²) < 4.78 is 11.1. The van der Waals surface area contributed by atoms with Crippen LogP contribution in [0.3, 0.4) is 0 Å². The number of hydrogen-bond acceptors (Lipinski definition) is 5. The van der Waals surface area contributed by atoms with Gasteiger partial charge in [-0.15, -0.1) is 0 Å². The third-order valence-corrected chi connectivity index (χ3v) is 4.47. The summed E-state index contributed by atoms with van der Waals surface area (Å²) in [6.45, 7) is 6.13. The molecule has 1 N–H and O–H groups in total. The molecule has 2 aromatic carbocycles. The first-order valence-corrected chi connectivity index (χ1v) is 9.23. The van der Waals surface area contributed by atoms with E-state index in [4.69, 9.17) is 9.47 Å². The molecule has 5 heteroatoms. The molecule has 0 atom stereocenters. The SMILES string of the molecule is CCOc1cc(O)c(C(=O)/C=C/c2ccccc2)cc1CN1CCOCC1. The molecule has 1 aliphatic rings. The largest absolute Gasteiger partial charge is 0.507 e. The number of carbonyl (C=O) groups is 1. The third kappa shape index (κ3) is 5.18. The Labute approximate surface area is 159 Å². The second-order valence-corrected chi connectivity index (χ2v) is 6.41. The van der Waals surface area contributed by atoms with Crippen molar-refractivity contribution < 1.29 is 19.4 Å². The minimum Gasteiger partial charge on any atom is -0.507 e. The number of aromatic hydroxyl groups is 1. The average Bonchev–Trinajstić information content (AvgIpc) is 2.70. The molecule has 1 heterocycles. The fourth-order valence-corrected chi connectivity index (χ4v) is 3.05. The highest BCUT2D eigenvalue weighted by Gasteiger charge is 2.18. The summed E-state index contributed by atoms with van der Waals surface area (Å²) in [5.74, 6) is 0.319. The topological polar surface area (TPSA) is 59.0 Å². The average molecular weight is 367 g/mol. The van der Waals surface area contributed by atoms with Gasteiger partial charge in [0.2, 0.25) is 0 Å². The van der Waals surface area contributed by atoms with E-state index < -0.39 is 0 Å². The fourth-order valence-electron chi connectivity index (χ4n) is 3.05. The molecule has 1 fully saturated rings. The van der Waals surface area contributed by atoms with Crippen LogP contribution in [0.5, 0.6) is 11.5 Å². The standard InChI is InChI=1S/C22H25NO4/c1-2-27-22-15-21(25)19(14-18(22)16-23-10-12-26-13-11-23)20(24)9-8-17-6-4-3-5-7-17/h3-9,14-15,25H,2,10-13,16H2,1H3/b9-8+. The minimum atomic E-state index is -0.234. The molecule has 0 amide bonds. The van der Waals surface area contributed by atoms with Crippen LogP contribution in [0.15, 0.2) is 48.5 Å². The Bertz CT molecular complexity index is 795. The summed E-state index contributed by atoms with van der Waals surface area (Å²) in [5, 5.41) is 10.3. The molecule has 1 aliphatic heterocycles. The Morgan fingerprint density at radius 3 is 2.67 bits per heavy atom. The molecule has 0 radical (unpaired) electrons. The van der Waals surface area contributed by atoms with Crippen molar-refractivity contribution in [3.63, 3.8) is 0 Å². The summed E-state index contributed by atoms with van der Waals surface area (Å²) in [5.41, 5.74) is 2.12. The number of benzene rings is 2. The zero-order valence-corrected chi connectivity index (χ0v) is 15.6. The lowest BCUT2D eigenvalue weighted by molar-refractivity contribution is 0.0338. The van der Waals surface area contributed by atoms with Gasteiger partial charge in [0.1, 0.15) is 11.5 Å². The van der Waals surface area contributed by atoms with E-state index >= 15 is 0 Å². The van der Waals surface area contributed by atoms with E-state index in [9.17, 15) is 9.90 Å². The summed E-state index contributed by atoms with van der Waals surface area (Å²) >= 11 is 0. The van der Waals surface area contributed by atoms with Crippen LogP contribution in [0.25, 0.3) is 6.08 Å². The summed E-state index contributed by atoms with van der Waals surface area (Å²) in [4.78, 5) is 14.9. The van der Waals surface area contributed by atoms with Crippen LogP contribution in [-0.2, 0) is 11.3 Å². The summed E-state index contributed by atoms with van der Waals surface area (Å²) in [6, 6.07) is 12.9.